The Hall–Kier alpha value is -1.35. The third-order valence-electron chi connectivity index (χ3n) is 4.23. The largest absolute Gasteiger partial charge is 0.337 e. The van der Waals surface area contributed by atoms with Crippen LogP contribution >= 0.6 is 0 Å². The molecule has 1 aliphatic carbocycles. The summed E-state index contributed by atoms with van der Waals surface area (Å²) in [6.07, 6.45) is 4.01. The highest BCUT2D eigenvalue weighted by Crippen LogP contribution is 2.40. The van der Waals surface area contributed by atoms with E-state index >= 15 is 0 Å². The van der Waals surface area contributed by atoms with Crippen LogP contribution < -0.4 is 5.73 Å². The van der Waals surface area contributed by atoms with Crippen LogP contribution in [0, 0.1) is 0 Å². The number of likely N-dealkylation sites (tertiary alicyclic amines) is 1. The van der Waals surface area contributed by atoms with Gasteiger partial charge in [-0.1, -0.05) is 24.3 Å². The SMILES string of the molecule is CN1C(=O)CCC(N)C1c1ccc(C2CC2)cc1. The number of carbonyl (C=O) groups is 1. The van der Waals surface area contributed by atoms with Crippen molar-refractivity contribution in [2.75, 3.05) is 7.05 Å². The summed E-state index contributed by atoms with van der Waals surface area (Å²) in [5, 5.41) is 0. The van der Waals surface area contributed by atoms with E-state index in [1.54, 1.807) is 4.90 Å². The first-order valence-corrected chi connectivity index (χ1v) is 6.78. The zero-order chi connectivity index (χ0) is 12.7. The fraction of sp³-hybridized carbons (Fsp3) is 0.533. The predicted molar refractivity (Wildman–Crippen MR) is 71.1 cm³/mol. The summed E-state index contributed by atoms with van der Waals surface area (Å²) in [6, 6.07) is 8.79. The standard InChI is InChI=1S/C15H20N2O/c1-17-14(18)9-8-13(16)15(17)12-6-4-11(5-7-12)10-2-3-10/h4-7,10,13,15H,2-3,8-9,16H2,1H3. The zero-order valence-electron chi connectivity index (χ0n) is 10.8. The number of nitrogens with two attached hydrogens (primary N) is 1. The van der Waals surface area contributed by atoms with Crippen LogP contribution in [0.2, 0.25) is 0 Å². The lowest BCUT2D eigenvalue weighted by Crippen LogP contribution is -2.46. The molecule has 1 saturated heterocycles. The number of hydrogen-bond donors (Lipinski definition) is 1. The minimum absolute atomic E-state index is 0.0412. The van der Waals surface area contributed by atoms with Gasteiger partial charge in [-0.05, 0) is 36.3 Å². The number of rotatable bonds is 2. The summed E-state index contributed by atoms with van der Waals surface area (Å²) < 4.78 is 0. The van der Waals surface area contributed by atoms with Crippen molar-refractivity contribution in [3.05, 3.63) is 35.4 Å². The smallest absolute Gasteiger partial charge is 0.222 e. The van der Waals surface area contributed by atoms with Gasteiger partial charge >= 0.3 is 0 Å². The quantitative estimate of drug-likeness (QED) is 0.866. The van der Waals surface area contributed by atoms with Gasteiger partial charge in [-0.25, -0.2) is 0 Å². The molecule has 0 bridgehead atoms. The first kappa shape index (κ1) is 11.7. The third kappa shape index (κ3) is 2.03. The van der Waals surface area contributed by atoms with Gasteiger partial charge in [0.1, 0.15) is 0 Å². The minimum Gasteiger partial charge on any atom is -0.337 e. The molecule has 1 saturated carbocycles. The Morgan fingerprint density at radius 1 is 1.11 bits per heavy atom. The lowest BCUT2D eigenvalue weighted by Gasteiger charge is -2.37. The molecule has 3 rings (SSSR count). The zero-order valence-corrected chi connectivity index (χ0v) is 10.8. The number of carbonyl (C=O) groups excluding carboxylic acids is 1. The summed E-state index contributed by atoms with van der Waals surface area (Å²) in [7, 11) is 1.86. The molecule has 0 spiro atoms. The van der Waals surface area contributed by atoms with Crippen LogP contribution in [0.1, 0.15) is 48.8 Å². The van der Waals surface area contributed by atoms with Gasteiger partial charge in [-0.2, -0.15) is 0 Å². The van der Waals surface area contributed by atoms with Crippen LogP contribution in [0.5, 0.6) is 0 Å². The predicted octanol–water partition coefficient (Wildman–Crippen LogP) is 2.18. The highest BCUT2D eigenvalue weighted by atomic mass is 16.2. The van der Waals surface area contributed by atoms with Gasteiger partial charge in [-0.3, -0.25) is 4.79 Å². The van der Waals surface area contributed by atoms with E-state index in [2.05, 4.69) is 24.3 Å². The molecule has 0 radical (unpaired) electrons. The Morgan fingerprint density at radius 3 is 2.33 bits per heavy atom. The van der Waals surface area contributed by atoms with Crippen LogP contribution in [-0.2, 0) is 4.79 Å². The second-order valence-corrected chi connectivity index (χ2v) is 5.59. The highest BCUT2D eigenvalue weighted by Gasteiger charge is 2.32. The number of benzene rings is 1. The fourth-order valence-electron chi connectivity index (χ4n) is 2.92. The number of likely N-dealkylation sites (N-methyl/N-ethyl adjacent to an activating group) is 1. The van der Waals surface area contributed by atoms with Crippen molar-refractivity contribution in [1.82, 2.24) is 4.90 Å². The molecule has 1 aromatic rings. The minimum atomic E-state index is 0.0412. The van der Waals surface area contributed by atoms with E-state index < -0.39 is 0 Å². The summed E-state index contributed by atoms with van der Waals surface area (Å²) >= 11 is 0. The van der Waals surface area contributed by atoms with Crippen LogP contribution in [0.15, 0.2) is 24.3 Å². The van der Waals surface area contributed by atoms with Crippen LogP contribution in [0.25, 0.3) is 0 Å². The van der Waals surface area contributed by atoms with Gasteiger partial charge in [0.15, 0.2) is 0 Å². The first-order valence-electron chi connectivity index (χ1n) is 6.78. The molecular weight excluding hydrogens is 224 g/mol. The van der Waals surface area contributed by atoms with E-state index in [0.717, 1.165) is 12.3 Å². The molecular formula is C15H20N2O. The van der Waals surface area contributed by atoms with E-state index in [1.165, 1.54) is 24.0 Å². The monoisotopic (exact) mass is 244 g/mol. The lowest BCUT2D eigenvalue weighted by molar-refractivity contribution is -0.135. The molecule has 0 aromatic heterocycles. The molecule has 2 atom stereocenters. The van der Waals surface area contributed by atoms with Gasteiger partial charge in [0.2, 0.25) is 5.91 Å². The fourth-order valence-corrected chi connectivity index (χ4v) is 2.92. The lowest BCUT2D eigenvalue weighted by atomic mass is 9.90. The maximum Gasteiger partial charge on any atom is 0.222 e. The van der Waals surface area contributed by atoms with E-state index in [0.29, 0.717) is 6.42 Å². The molecule has 96 valence electrons. The van der Waals surface area contributed by atoms with Gasteiger partial charge in [-0.15, -0.1) is 0 Å². The van der Waals surface area contributed by atoms with Gasteiger partial charge in [0, 0.05) is 19.5 Å². The number of amides is 1. The summed E-state index contributed by atoms with van der Waals surface area (Å²) in [4.78, 5) is 13.6. The van der Waals surface area contributed by atoms with E-state index in [4.69, 9.17) is 5.73 Å². The highest BCUT2D eigenvalue weighted by molar-refractivity contribution is 5.77. The number of piperidine rings is 1. The second-order valence-electron chi connectivity index (χ2n) is 5.59. The Bertz CT molecular complexity index is 450. The summed E-state index contributed by atoms with van der Waals surface area (Å²) in [5.74, 6) is 0.978. The van der Waals surface area contributed by atoms with E-state index in [1.807, 2.05) is 7.05 Å². The van der Waals surface area contributed by atoms with Crippen LogP contribution in [-0.4, -0.2) is 23.9 Å². The van der Waals surface area contributed by atoms with Gasteiger partial charge in [0.05, 0.1) is 6.04 Å². The molecule has 2 unspecified atom stereocenters. The first-order chi connectivity index (χ1) is 8.66. The Kier molecular flexibility index (Phi) is 2.86. The summed E-state index contributed by atoms with van der Waals surface area (Å²) in [6.45, 7) is 0. The number of hydrogen-bond acceptors (Lipinski definition) is 2. The normalized spacial score (nSPS) is 28.6. The maximum absolute atomic E-state index is 11.8. The van der Waals surface area contributed by atoms with Crippen LogP contribution in [0.3, 0.4) is 0 Å². The van der Waals surface area contributed by atoms with Crippen molar-refractivity contribution in [2.24, 2.45) is 5.73 Å². The average Bonchev–Trinajstić information content (AvgIpc) is 3.20. The molecule has 1 aliphatic heterocycles. The molecule has 2 aliphatic rings. The Morgan fingerprint density at radius 2 is 1.72 bits per heavy atom. The van der Waals surface area contributed by atoms with Crippen molar-refractivity contribution in [2.45, 2.75) is 43.7 Å². The average molecular weight is 244 g/mol. The van der Waals surface area contributed by atoms with Crippen molar-refractivity contribution >= 4 is 5.91 Å². The topological polar surface area (TPSA) is 46.3 Å². The Labute approximate surface area is 108 Å². The molecule has 2 N–H and O–H groups in total. The molecule has 1 aromatic carbocycles. The second kappa shape index (κ2) is 4.39. The Balaban J connectivity index is 1.85. The van der Waals surface area contributed by atoms with E-state index in [9.17, 15) is 4.79 Å². The summed E-state index contributed by atoms with van der Waals surface area (Å²) in [5.41, 5.74) is 8.78. The van der Waals surface area contributed by atoms with Gasteiger partial charge < -0.3 is 10.6 Å². The maximum atomic E-state index is 11.8. The third-order valence-corrected chi connectivity index (χ3v) is 4.23. The molecule has 3 nitrogen and oxygen atoms in total. The van der Waals surface area contributed by atoms with Crippen molar-refractivity contribution in [3.63, 3.8) is 0 Å². The van der Waals surface area contributed by atoms with Crippen molar-refractivity contribution in [1.29, 1.82) is 0 Å². The molecule has 1 amide bonds. The number of nitrogens with zero attached hydrogens (tertiary/aromatic N) is 1. The molecule has 3 heteroatoms. The molecule has 18 heavy (non-hydrogen) atoms. The molecule has 2 fully saturated rings. The van der Waals surface area contributed by atoms with E-state index in [-0.39, 0.29) is 18.0 Å². The van der Waals surface area contributed by atoms with Crippen LogP contribution in [0.4, 0.5) is 0 Å². The van der Waals surface area contributed by atoms with Gasteiger partial charge in [0.25, 0.3) is 0 Å². The molecule has 1 heterocycles. The van der Waals surface area contributed by atoms with Crippen molar-refractivity contribution in [3.8, 4) is 0 Å². The van der Waals surface area contributed by atoms with Crippen molar-refractivity contribution < 1.29 is 4.79 Å².